The number of benzene rings is 3. The van der Waals surface area contributed by atoms with Gasteiger partial charge in [0, 0.05) is 11.6 Å². The summed E-state index contributed by atoms with van der Waals surface area (Å²) in [5.41, 5.74) is 7.71. The molecule has 168 valence electrons. The van der Waals surface area contributed by atoms with Crippen LogP contribution < -0.4 is 10.8 Å². The fourth-order valence-electron chi connectivity index (χ4n) is 3.91. The number of carboxylic acids is 1. The van der Waals surface area contributed by atoms with Gasteiger partial charge in [0.05, 0.1) is 6.42 Å². The first kappa shape index (κ1) is 22.0. The molecule has 1 aliphatic carbocycles. The van der Waals surface area contributed by atoms with E-state index in [1.807, 2.05) is 24.3 Å². The Morgan fingerprint density at radius 2 is 1.55 bits per heavy atom. The number of hydrogen-bond acceptors (Lipinski definition) is 5. The summed E-state index contributed by atoms with van der Waals surface area (Å²) in [7, 11) is 0. The van der Waals surface area contributed by atoms with Crippen molar-refractivity contribution in [1.82, 2.24) is 5.48 Å². The molecule has 1 aliphatic rings. The van der Waals surface area contributed by atoms with Crippen molar-refractivity contribution in [2.75, 3.05) is 18.5 Å². The summed E-state index contributed by atoms with van der Waals surface area (Å²) >= 11 is 0. The molecule has 0 saturated carbocycles. The quantitative estimate of drug-likeness (QED) is 0.455. The second-order valence-electron chi connectivity index (χ2n) is 7.54. The Bertz CT molecular complexity index is 1150. The normalized spacial score (nSPS) is 11.9. The zero-order chi connectivity index (χ0) is 23.2. The number of carbonyl (C=O) groups is 3. The Kier molecular flexibility index (Phi) is 6.66. The Balaban J connectivity index is 1.34. The van der Waals surface area contributed by atoms with Gasteiger partial charge in [-0.2, -0.15) is 0 Å². The van der Waals surface area contributed by atoms with Crippen LogP contribution in [0.15, 0.2) is 72.8 Å². The van der Waals surface area contributed by atoms with E-state index in [1.165, 1.54) is 0 Å². The molecule has 0 spiro atoms. The molecule has 8 heteroatoms. The zero-order valence-corrected chi connectivity index (χ0v) is 17.6. The molecule has 2 amide bonds. The van der Waals surface area contributed by atoms with Crippen LogP contribution in [0.3, 0.4) is 0 Å². The predicted octanol–water partition coefficient (Wildman–Crippen LogP) is 3.72. The summed E-state index contributed by atoms with van der Waals surface area (Å²) in [6.45, 7) is -0.433. The molecular weight excluding hydrogens is 424 g/mol. The Morgan fingerprint density at radius 3 is 2.21 bits per heavy atom. The molecule has 3 N–H and O–H groups in total. The van der Waals surface area contributed by atoms with Gasteiger partial charge in [-0.3, -0.25) is 14.9 Å². The van der Waals surface area contributed by atoms with Crippen molar-refractivity contribution in [3.05, 3.63) is 89.5 Å². The first-order chi connectivity index (χ1) is 16.0. The van der Waals surface area contributed by atoms with Crippen molar-refractivity contribution in [3.8, 4) is 11.1 Å². The number of carboxylic acid groups (broad SMARTS) is 1. The molecule has 0 heterocycles. The lowest BCUT2D eigenvalue weighted by molar-refractivity contribution is -0.149. The van der Waals surface area contributed by atoms with Crippen LogP contribution in [0.4, 0.5) is 10.5 Å². The van der Waals surface area contributed by atoms with E-state index in [2.05, 4.69) is 39.9 Å². The highest BCUT2D eigenvalue weighted by Gasteiger charge is 2.29. The molecule has 0 bridgehead atoms. The van der Waals surface area contributed by atoms with E-state index in [0.29, 0.717) is 11.3 Å². The fourth-order valence-corrected chi connectivity index (χ4v) is 3.91. The Labute approximate surface area is 190 Å². The Morgan fingerprint density at radius 1 is 0.879 bits per heavy atom. The second-order valence-corrected chi connectivity index (χ2v) is 7.54. The minimum Gasteiger partial charge on any atom is -0.479 e. The van der Waals surface area contributed by atoms with Gasteiger partial charge in [-0.25, -0.2) is 15.1 Å². The van der Waals surface area contributed by atoms with E-state index in [0.717, 1.165) is 22.3 Å². The molecule has 0 saturated heterocycles. The SMILES string of the molecule is O=C(O)CONC(=O)Cc1cccc(NC(=O)OCC2c3ccccc3-c3ccccc32)c1. The van der Waals surface area contributed by atoms with Crippen LogP contribution in [0.1, 0.15) is 22.6 Å². The van der Waals surface area contributed by atoms with E-state index < -0.39 is 24.6 Å². The summed E-state index contributed by atoms with van der Waals surface area (Å²) in [6.07, 6.45) is -0.636. The monoisotopic (exact) mass is 446 g/mol. The predicted molar refractivity (Wildman–Crippen MR) is 121 cm³/mol. The number of aliphatic carboxylic acids is 1. The summed E-state index contributed by atoms with van der Waals surface area (Å²) in [4.78, 5) is 39.3. The van der Waals surface area contributed by atoms with Gasteiger partial charge in [0.1, 0.15) is 6.61 Å². The summed E-state index contributed by atoms with van der Waals surface area (Å²) < 4.78 is 5.54. The molecule has 3 aromatic carbocycles. The third kappa shape index (κ3) is 5.36. The number of amides is 2. The van der Waals surface area contributed by atoms with Gasteiger partial charge in [-0.1, -0.05) is 60.7 Å². The van der Waals surface area contributed by atoms with Crippen molar-refractivity contribution < 1.29 is 29.1 Å². The molecule has 8 nitrogen and oxygen atoms in total. The third-order valence-corrected chi connectivity index (χ3v) is 5.26. The zero-order valence-electron chi connectivity index (χ0n) is 17.6. The molecule has 0 radical (unpaired) electrons. The maximum absolute atomic E-state index is 12.4. The first-order valence-corrected chi connectivity index (χ1v) is 10.3. The lowest BCUT2D eigenvalue weighted by atomic mass is 9.98. The van der Waals surface area contributed by atoms with E-state index in [4.69, 9.17) is 9.84 Å². The molecule has 0 unspecified atom stereocenters. The van der Waals surface area contributed by atoms with Gasteiger partial charge in [0.15, 0.2) is 6.61 Å². The van der Waals surface area contributed by atoms with E-state index in [1.54, 1.807) is 24.3 Å². The minimum atomic E-state index is -1.19. The first-order valence-electron chi connectivity index (χ1n) is 10.3. The van der Waals surface area contributed by atoms with Crippen molar-refractivity contribution in [1.29, 1.82) is 0 Å². The van der Waals surface area contributed by atoms with Gasteiger partial charge in [0.2, 0.25) is 5.91 Å². The van der Waals surface area contributed by atoms with Crippen molar-refractivity contribution in [2.45, 2.75) is 12.3 Å². The number of rotatable bonds is 8. The topological polar surface area (TPSA) is 114 Å². The van der Waals surface area contributed by atoms with Crippen LogP contribution in [-0.2, 0) is 25.6 Å². The highest BCUT2D eigenvalue weighted by molar-refractivity contribution is 5.86. The molecule has 4 rings (SSSR count). The van der Waals surface area contributed by atoms with Crippen molar-refractivity contribution >= 4 is 23.7 Å². The molecular formula is C25H22N2O6. The van der Waals surface area contributed by atoms with Crippen LogP contribution in [-0.4, -0.2) is 36.3 Å². The fraction of sp³-hybridized carbons (Fsp3) is 0.160. The number of fused-ring (bicyclic) bond motifs is 3. The van der Waals surface area contributed by atoms with Crippen LogP contribution >= 0.6 is 0 Å². The number of nitrogens with one attached hydrogen (secondary N) is 2. The summed E-state index contributed by atoms with van der Waals surface area (Å²) in [6, 6.07) is 22.9. The van der Waals surface area contributed by atoms with Gasteiger partial charge in [-0.15, -0.1) is 0 Å². The molecule has 3 aromatic rings. The molecule has 0 atom stereocenters. The minimum absolute atomic E-state index is 0.0380. The van der Waals surface area contributed by atoms with Crippen molar-refractivity contribution in [2.24, 2.45) is 0 Å². The lowest BCUT2D eigenvalue weighted by Crippen LogP contribution is -2.28. The summed E-state index contributed by atoms with van der Waals surface area (Å²) in [5.74, 6) is -1.73. The number of ether oxygens (including phenoxy) is 1. The van der Waals surface area contributed by atoms with Gasteiger partial charge < -0.3 is 9.84 Å². The lowest BCUT2D eigenvalue weighted by Gasteiger charge is -2.15. The van der Waals surface area contributed by atoms with Crippen molar-refractivity contribution in [3.63, 3.8) is 0 Å². The van der Waals surface area contributed by atoms with E-state index in [-0.39, 0.29) is 18.9 Å². The highest BCUT2D eigenvalue weighted by atomic mass is 16.7. The summed E-state index contributed by atoms with van der Waals surface area (Å²) in [5, 5.41) is 11.2. The van der Waals surface area contributed by atoms with Crippen LogP contribution in [0, 0.1) is 0 Å². The smallest absolute Gasteiger partial charge is 0.411 e. The van der Waals surface area contributed by atoms with Crippen LogP contribution in [0.25, 0.3) is 11.1 Å². The average molecular weight is 446 g/mol. The molecule has 33 heavy (non-hydrogen) atoms. The van der Waals surface area contributed by atoms with Gasteiger partial charge in [0.25, 0.3) is 0 Å². The maximum Gasteiger partial charge on any atom is 0.411 e. The molecule has 0 aromatic heterocycles. The molecule has 0 fully saturated rings. The Hall–Kier alpha value is -4.17. The second kappa shape index (κ2) is 9.97. The van der Waals surface area contributed by atoms with E-state index in [9.17, 15) is 14.4 Å². The standard InChI is InChI=1S/C25H22N2O6/c28-23(27-33-15-24(29)30)13-16-6-5-7-17(12-16)26-25(31)32-14-22-20-10-3-1-8-18(20)19-9-2-4-11-21(19)22/h1-12,22H,13-15H2,(H,26,31)(H,27,28)(H,29,30). The highest BCUT2D eigenvalue weighted by Crippen LogP contribution is 2.44. The average Bonchev–Trinajstić information content (AvgIpc) is 3.11. The number of carbonyl (C=O) groups excluding carboxylic acids is 2. The van der Waals surface area contributed by atoms with E-state index >= 15 is 0 Å². The number of hydrogen-bond donors (Lipinski definition) is 3. The number of anilines is 1. The maximum atomic E-state index is 12.4. The van der Waals surface area contributed by atoms with Gasteiger partial charge >= 0.3 is 12.1 Å². The third-order valence-electron chi connectivity index (χ3n) is 5.26. The largest absolute Gasteiger partial charge is 0.479 e. The van der Waals surface area contributed by atoms with Gasteiger partial charge in [-0.05, 0) is 39.9 Å². The van der Waals surface area contributed by atoms with Crippen LogP contribution in [0.2, 0.25) is 0 Å². The molecule has 0 aliphatic heterocycles. The number of hydroxylamine groups is 1. The van der Waals surface area contributed by atoms with Crippen LogP contribution in [0.5, 0.6) is 0 Å².